The van der Waals surface area contributed by atoms with E-state index in [0.717, 1.165) is 21.3 Å². The molecule has 1 atom stereocenters. The van der Waals surface area contributed by atoms with Gasteiger partial charge in [0.05, 0.1) is 7.11 Å². The van der Waals surface area contributed by atoms with E-state index in [1.165, 1.54) is 24.4 Å². The molecule has 1 aromatic heterocycles. The highest BCUT2D eigenvalue weighted by atomic mass is 79.9. The number of halogens is 1. The van der Waals surface area contributed by atoms with E-state index < -0.39 is 5.25 Å². The van der Waals surface area contributed by atoms with Crippen molar-refractivity contribution in [2.45, 2.75) is 36.6 Å². The third kappa shape index (κ3) is 5.26. The quantitative estimate of drug-likeness (QED) is 0.196. The number of aromatic nitrogens is 3. The van der Waals surface area contributed by atoms with Gasteiger partial charge < -0.3 is 4.74 Å². The molecule has 5 nitrogen and oxygen atoms in total. The molecule has 0 spiro atoms. The van der Waals surface area contributed by atoms with Gasteiger partial charge in [0.1, 0.15) is 5.25 Å². The molecular formula is C27H26BrN3O2S. The number of hydrogen-bond donors (Lipinski definition) is 0. The monoisotopic (exact) mass is 535 g/mol. The van der Waals surface area contributed by atoms with Crippen molar-refractivity contribution in [1.82, 2.24) is 14.8 Å². The number of rotatable bonds is 6. The average molecular weight is 536 g/mol. The molecule has 3 aromatic carbocycles. The van der Waals surface area contributed by atoms with Crippen LogP contribution in [0.1, 0.15) is 37.1 Å². The molecule has 174 valence electrons. The minimum atomic E-state index is -0.569. The Hall–Kier alpha value is -2.90. The smallest absolute Gasteiger partial charge is 0.323 e. The van der Waals surface area contributed by atoms with Gasteiger partial charge in [-0.25, -0.2) is 0 Å². The van der Waals surface area contributed by atoms with Crippen LogP contribution in [0.25, 0.3) is 17.1 Å². The zero-order valence-corrected chi connectivity index (χ0v) is 21.9. The number of benzene rings is 3. The predicted octanol–water partition coefficient (Wildman–Crippen LogP) is 7.00. The van der Waals surface area contributed by atoms with Gasteiger partial charge in [-0.2, -0.15) is 0 Å². The van der Waals surface area contributed by atoms with E-state index >= 15 is 0 Å². The molecule has 4 rings (SSSR count). The van der Waals surface area contributed by atoms with Crippen LogP contribution in [0.15, 0.2) is 88.5 Å². The first kappa shape index (κ1) is 24.2. The fourth-order valence-electron chi connectivity index (χ4n) is 3.57. The van der Waals surface area contributed by atoms with Crippen LogP contribution in [0.5, 0.6) is 0 Å². The van der Waals surface area contributed by atoms with Crippen LogP contribution in [0.3, 0.4) is 0 Å². The van der Waals surface area contributed by atoms with Crippen molar-refractivity contribution in [3.05, 3.63) is 94.5 Å². The van der Waals surface area contributed by atoms with E-state index in [0.29, 0.717) is 11.0 Å². The van der Waals surface area contributed by atoms with Crippen molar-refractivity contribution in [2.24, 2.45) is 0 Å². The van der Waals surface area contributed by atoms with E-state index in [2.05, 4.69) is 71.2 Å². The maximum Gasteiger partial charge on any atom is 0.323 e. The second-order valence-corrected chi connectivity index (χ2v) is 10.9. The fraction of sp³-hybridized carbons (Fsp3) is 0.222. The maximum atomic E-state index is 12.7. The van der Waals surface area contributed by atoms with Gasteiger partial charge >= 0.3 is 5.97 Å². The molecule has 0 aliphatic rings. The number of carbonyl (C=O) groups is 1. The van der Waals surface area contributed by atoms with E-state index in [1.807, 2.05) is 59.2 Å². The van der Waals surface area contributed by atoms with Gasteiger partial charge in [-0.3, -0.25) is 9.36 Å². The van der Waals surface area contributed by atoms with Crippen molar-refractivity contribution in [3.63, 3.8) is 0 Å². The molecule has 0 bridgehead atoms. The summed E-state index contributed by atoms with van der Waals surface area (Å²) in [5.41, 5.74) is 4.01. The lowest BCUT2D eigenvalue weighted by Gasteiger charge is -2.19. The molecule has 0 radical (unpaired) electrons. The minimum absolute atomic E-state index is 0.0579. The normalized spacial score (nSPS) is 12.4. The molecule has 0 N–H and O–H groups in total. The summed E-state index contributed by atoms with van der Waals surface area (Å²) < 4.78 is 8.08. The van der Waals surface area contributed by atoms with Crippen LogP contribution < -0.4 is 0 Å². The molecule has 7 heteroatoms. The molecule has 0 fully saturated rings. The number of thioether (sulfide) groups is 1. The first-order valence-electron chi connectivity index (χ1n) is 10.9. The van der Waals surface area contributed by atoms with Crippen molar-refractivity contribution in [3.8, 4) is 17.1 Å². The van der Waals surface area contributed by atoms with Gasteiger partial charge in [-0.05, 0) is 40.8 Å². The Balaban J connectivity index is 1.81. The van der Waals surface area contributed by atoms with Crippen molar-refractivity contribution in [1.29, 1.82) is 0 Å². The summed E-state index contributed by atoms with van der Waals surface area (Å²) in [7, 11) is 1.40. The Bertz CT molecular complexity index is 1260. The van der Waals surface area contributed by atoms with Crippen molar-refractivity contribution >= 4 is 33.7 Å². The number of methoxy groups -OCH3 is 1. The molecule has 1 heterocycles. The Morgan fingerprint density at radius 3 is 2.18 bits per heavy atom. The first-order chi connectivity index (χ1) is 16.3. The fourth-order valence-corrected chi connectivity index (χ4v) is 4.91. The van der Waals surface area contributed by atoms with Crippen LogP contribution in [0.2, 0.25) is 0 Å². The molecular weight excluding hydrogens is 510 g/mol. The number of carbonyl (C=O) groups excluding carboxylic acids is 1. The second-order valence-electron chi connectivity index (χ2n) is 8.88. The summed E-state index contributed by atoms with van der Waals surface area (Å²) in [4.78, 5) is 12.7. The Morgan fingerprint density at radius 1 is 0.941 bits per heavy atom. The van der Waals surface area contributed by atoms with E-state index in [9.17, 15) is 4.79 Å². The lowest BCUT2D eigenvalue weighted by Crippen LogP contribution is -2.12. The van der Waals surface area contributed by atoms with Gasteiger partial charge in [-0.1, -0.05) is 103 Å². The molecule has 0 saturated heterocycles. The lowest BCUT2D eigenvalue weighted by atomic mass is 9.87. The van der Waals surface area contributed by atoms with E-state index in [1.54, 1.807) is 0 Å². The first-order valence-corrected chi connectivity index (χ1v) is 12.6. The van der Waals surface area contributed by atoms with Gasteiger partial charge in [-0.15, -0.1) is 10.2 Å². The van der Waals surface area contributed by atoms with E-state index in [4.69, 9.17) is 4.74 Å². The number of ether oxygens (including phenoxy) is 1. The molecule has 0 amide bonds. The zero-order chi connectivity index (χ0) is 24.3. The van der Waals surface area contributed by atoms with Gasteiger partial charge in [0.25, 0.3) is 0 Å². The number of esters is 1. The van der Waals surface area contributed by atoms with Gasteiger partial charge in [0.2, 0.25) is 0 Å². The summed E-state index contributed by atoms with van der Waals surface area (Å²) in [5, 5.41) is 9.08. The summed E-state index contributed by atoms with van der Waals surface area (Å²) in [6.07, 6.45) is 0. The minimum Gasteiger partial charge on any atom is -0.468 e. The maximum absolute atomic E-state index is 12.7. The lowest BCUT2D eigenvalue weighted by molar-refractivity contribution is -0.140. The number of hydrogen-bond acceptors (Lipinski definition) is 5. The zero-order valence-electron chi connectivity index (χ0n) is 19.5. The molecule has 0 aliphatic heterocycles. The van der Waals surface area contributed by atoms with Crippen molar-refractivity contribution < 1.29 is 9.53 Å². The topological polar surface area (TPSA) is 57.0 Å². The molecule has 34 heavy (non-hydrogen) atoms. The SMILES string of the molecule is COC(=O)[C@@H](Sc1nnc(-c2ccc(C(C)(C)C)cc2)n1-c1ccc(Br)cc1)c1ccccc1. The molecule has 4 aromatic rings. The summed E-state index contributed by atoms with van der Waals surface area (Å²) in [5.74, 6) is 0.375. The summed E-state index contributed by atoms with van der Waals surface area (Å²) in [6.45, 7) is 6.58. The molecule has 0 saturated carbocycles. The van der Waals surface area contributed by atoms with E-state index in [-0.39, 0.29) is 11.4 Å². The highest BCUT2D eigenvalue weighted by Crippen LogP contribution is 2.38. The molecule has 0 aliphatic carbocycles. The van der Waals surface area contributed by atoms with Crippen LogP contribution >= 0.6 is 27.7 Å². The highest BCUT2D eigenvalue weighted by molar-refractivity contribution is 9.10. The number of nitrogens with zero attached hydrogens (tertiary/aromatic N) is 3. The average Bonchev–Trinajstić information content (AvgIpc) is 3.26. The van der Waals surface area contributed by atoms with Crippen LogP contribution in [0.4, 0.5) is 0 Å². The standard InChI is InChI=1S/C27H26BrN3O2S/c1-27(2,3)20-12-10-19(11-13-20)24-29-30-26(31(24)22-16-14-21(28)15-17-22)34-23(25(32)33-4)18-8-6-5-7-9-18/h5-17,23H,1-4H3/t23-/m0/s1. The second kappa shape index (κ2) is 10.2. The largest absolute Gasteiger partial charge is 0.468 e. The summed E-state index contributed by atoms with van der Waals surface area (Å²) in [6, 6.07) is 25.9. The van der Waals surface area contributed by atoms with Crippen LogP contribution in [0, 0.1) is 0 Å². The van der Waals surface area contributed by atoms with Crippen LogP contribution in [-0.4, -0.2) is 27.8 Å². The van der Waals surface area contributed by atoms with Gasteiger partial charge in [0, 0.05) is 15.7 Å². The Morgan fingerprint density at radius 2 is 1.59 bits per heavy atom. The van der Waals surface area contributed by atoms with Crippen LogP contribution in [-0.2, 0) is 14.9 Å². The third-order valence-electron chi connectivity index (χ3n) is 5.47. The molecule has 0 unspecified atom stereocenters. The highest BCUT2D eigenvalue weighted by Gasteiger charge is 2.27. The van der Waals surface area contributed by atoms with Crippen molar-refractivity contribution in [2.75, 3.05) is 7.11 Å². The van der Waals surface area contributed by atoms with Gasteiger partial charge in [0.15, 0.2) is 11.0 Å². The Kier molecular flexibility index (Phi) is 7.24. The Labute approximate surface area is 212 Å². The predicted molar refractivity (Wildman–Crippen MR) is 140 cm³/mol. The summed E-state index contributed by atoms with van der Waals surface area (Å²) >= 11 is 4.84. The third-order valence-corrected chi connectivity index (χ3v) is 7.17.